The first-order valence-corrected chi connectivity index (χ1v) is 7.04. The van der Waals surface area contributed by atoms with Gasteiger partial charge >= 0.3 is 0 Å². The number of nitrogens with one attached hydrogen (secondary N) is 1. The first kappa shape index (κ1) is 12.1. The molecule has 5 heteroatoms. The molecule has 0 bridgehead atoms. The van der Waals surface area contributed by atoms with Gasteiger partial charge in [-0.05, 0) is 18.2 Å². The fourth-order valence-electron chi connectivity index (χ4n) is 1.82. The smallest absolute Gasteiger partial charge is 0.0795 e. The van der Waals surface area contributed by atoms with Crippen LogP contribution in [0.1, 0.15) is 11.4 Å². The number of para-hydroxylation sites is 1. The Kier molecular flexibility index (Phi) is 3.67. The van der Waals surface area contributed by atoms with Crippen LogP contribution in [-0.2, 0) is 13.1 Å². The predicted molar refractivity (Wildman–Crippen MR) is 76.2 cm³/mol. The number of benzene rings is 1. The van der Waals surface area contributed by atoms with Crippen LogP contribution in [-0.4, -0.2) is 14.8 Å². The van der Waals surface area contributed by atoms with Crippen LogP contribution in [0.25, 0.3) is 5.69 Å². The zero-order valence-corrected chi connectivity index (χ0v) is 11.2. The first-order chi connectivity index (χ1) is 9.42. The predicted octanol–water partition coefficient (Wildman–Crippen LogP) is 2.62. The van der Waals surface area contributed by atoms with E-state index in [0.717, 1.165) is 30.2 Å². The zero-order valence-electron chi connectivity index (χ0n) is 10.4. The van der Waals surface area contributed by atoms with E-state index in [1.807, 2.05) is 52.8 Å². The third-order valence-electron chi connectivity index (χ3n) is 2.76. The maximum Gasteiger partial charge on any atom is 0.0795 e. The Hall–Kier alpha value is -1.98. The molecule has 0 fully saturated rings. The van der Waals surface area contributed by atoms with Crippen LogP contribution < -0.4 is 5.32 Å². The summed E-state index contributed by atoms with van der Waals surface area (Å²) in [6.45, 7) is 1.53. The van der Waals surface area contributed by atoms with E-state index in [9.17, 15) is 0 Å². The first-order valence-electron chi connectivity index (χ1n) is 6.09. The molecular weight excluding hydrogens is 256 g/mol. The van der Waals surface area contributed by atoms with Gasteiger partial charge in [-0.2, -0.15) is 5.10 Å². The number of rotatable bonds is 5. The average molecular weight is 270 g/mol. The van der Waals surface area contributed by atoms with Crippen molar-refractivity contribution < 1.29 is 0 Å². The molecule has 0 saturated heterocycles. The fourth-order valence-corrected chi connectivity index (χ4v) is 2.38. The van der Waals surface area contributed by atoms with Gasteiger partial charge in [0.25, 0.3) is 0 Å². The Balaban J connectivity index is 1.59. The van der Waals surface area contributed by atoms with E-state index < -0.39 is 0 Å². The van der Waals surface area contributed by atoms with Crippen LogP contribution in [0.5, 0.6) is 0 Å². The minimum atomic E-state index is 0.747. The van der Waals surface area contributed by atoms with Gasteiger partial charge in [-0.1, -0.05) is 18.2 Å². The highest BCUT2D eigenvalue weighted by molar-refractivity contribution is 7.07. The van der Waals surface area contributed by atoms with Gasteiger partial charge in [0.15, 0.2) is 0 Å². The molecule has 0 aliphatic carbocycles. The quantitative estimate of drug-likeness (QED) is 0.775. The maximum absolute atomic E-state index is 4.54. The lowest BCUT2D eigenvalue weighted by molar-refractivity contribution is 0.661. The van der Waals surface area contributed by atoms with Crippen molar-refractivity contribution in [3.63, 3.8) is 0 Å². The highest BCUT2D eigenvalue weighted by Crippen LogP contribution is 2.07. The van der Waals surface area contributed by atoms with Gasteiger partial charge in [0.2, 0.25) is 0 Å². The Morgan fingerprint density at radius 1 is 1.05 bits per heavy atom. The van der Waals surface area contributed by atoms with Crippen molar-refractivity contribution in [3.8, 4) is 5.69 Å². The van der Waals surface area contributed by atoms with E-state index >= 15 is 0 Å². The number of nitrogens with zero attached hydrogens (tertiary/aromatic N) is 3. The summed E-state index contributed by atoms with van der Waals surface area (Å²) < 4.78 is 1.89. The molecular formula is C14H14N4S. The molecule has 0 radical (unpaired) electrons. The molecule has 0 spiro atoms. The summed E-state index contributed by atoms with van der Waals surface area (Å²) in [6, 6.07) is 12.1. The molecule has 96 valence electrons. The van der Waals surface area contributed by atoms with Crippen LogP contribution >= 0.6 is 11.3 Å². The van der Waals surface area contributed by atoms with Gasteiger partial charge in [-0.15, -0.1) is 11.3 Å². The summed E-state index contributed by atoms with van der Waals surface area (Å²) >= 11 is 1.62. The van der Waals surface area contributed by atoms with Crippen molar-refractivity contribution in [2.45, 2.75) is 13.1 Å². The summed E-state index contributed by atoms with van der Waals surface area (Å²) in [7, 11) is 0. The summed E-state index contributed by atoms with van der Waals surface area (Å²) in [5.41, 5.74) is 5.03. The lowest BCUT2D eigenvalue weighted by atomic mass is 10.3. The Bertz CT molecular complexity index is 616. The van der Waals surface area contributed by atoms with Crippen molar-refractivity contribution in [2.75, 3.05) is 0 Å². The van der Waals surface area contributed by atoms with Gasteiger partial charge < -0.3 is 5.32 Å². The molecule has 3 aromatic rings. The molecule has 3 rings (SSSR count). The van der Waals surface area contributed by atoms with E-state index in [-0.39, 0.29) is 0 Å². The minimum Gasteiger partial charge on any atom is -0.305 e. The van der Waals surface area contributed by atoms with E-state index in [1.54, 1.807) is 11.3 Å². The largest absolute Gasteiger partial charge is 0.305 e. The summed E-state index contributed by atoms with van der Waals surface area (Å²) in [5.74, 6) is 0. The van der Waals surface area contributed by atoms with E-state index in [0.29, 0.717) is 0 Å². The average Bonchev–Trinajstić information content (AvgIpc) is 3.11. The highest BCUT2D eigenvalue weighted by atomic mass is 32.1. The number of aromatic nitrogens is 3. The zero-order chi connectivity index (χ0) is 12.9. The van der Waals surface area contributed by atoms with Crippen molar-refractivity contribution >= 4 is 11.3 Å². The molecule has 2 heterocycles. The van der Waals surface area contributed by atoms with Crippen molar-refractivity contribution in [1.82, 2.24) is 20.1 Å². The molecule has 19 heavy (non-hydrogen) atoms. The Labute approximate surface area is 115 Å². The SMILES string of the molecule is c1ccc(-n2ccc(CNCc3cscn3)n2)cc1. The van der Waals surface area contributed by atoms with Crippen LogP contribution in [0, 0.1) is 0 Å². The van der Waals surface area contributed by atoms with E-state index in [2.05, 4.69) is 20.8 Å². The lowest BCUT2D eigenvalue weighted by Crippen LogP contribution is -2.13. The van der Waals surface area contributed by atoms with Gasteiger partial charge in [0.1, 0.15) is 0 Å². The molecule has 4 nitrogen and oxygen atoms in total. The molecule has 0 saturated carbocycles. The molecule has 0 unspecified atom stereocenters. The topological polar surface area (TPSA) is 42.7 Å². The monoisotopic (exact) mass is 270 g/mol. The highest BCUT2D eigenvalue weighted by Gasteiger charge is 2.01. The van der Waals surface area contributed by atoms with Crippen LogP contribution in [0.3, 0.4) is 0 Å². The second kappa shape index (κ2) is 5.77. The minimum absolute atomic E-state index is 0.747. The number of hydrogen-bond acceptors (Lipinski definition) is 4. The summed E-state index contributed by atoms with van der Waals surface area (Å²) in [6.07, 6.45) is 1.98. The van der Waals surface area contributed by atoms with E-state index in [4.69, 9.17) is 0 Å². The third-order valence-corrected chi connectivity index (χ3v) is 3.40. The number of thiazole rings is 1. The Morgan fingerprint density at radius 3 is 2.68 bits per heavy atom. The van der Waals surface area contributed by atoms with Crippen molar-refractivity contribution in [1.29, 1.82) is 0 Å². The summed E-state index contributed by atoms with van der Waals surface area (Å²) in [4.78, 5) is 4.23. The van der Waals surface area contributed by atoms with E-state index in [1.165, 1.54) is 0 Å². The van der Waals surface area contributed by atoms with Crippen LogP contribution in [0.4, 0.5) is 0 Å². The molecule has 0 atom stereocenters. The van der Waals surface area contributed by atoms with Gasteiger partial charge in [0.05, 0.1) is 22.6 Å². The van der Waals surface area contributed by atoms with Crippen molar-refractivity contribution in [2.24, 2.45) is 0 Å². The van der Waals surface area contributed by atoms with Gasteiger partial charge in [0, 0.05) is 24.7 Å². The molecule has 2 aromatic heterocycles. The van der Waals surface area contributed by atoms with Crippen LogP contribution in [0.15, 0.2) is 53.5 Å². The van der Waals surface area contributed by atoms with Gasteiger partial charge in [-0.25, -0.2) is 9.67 Å². The van der Waals surface area contributed by atoms with Gasteiger partial charge in [-0.3, -0.25) is 0 Å². The second-order valence-electron chi connectivity index (χ2n) is 4.17. The van der Waals surface area contributed by atoms with Crippen LogP contribution in [0.2, 0.25) is 0 Å². The molecule has 0 aliphatic heterocycles. The summed E-state index contributed by atoms with van der Waals surface area (Å²) in [5, 5.41) is 9.92. The standard InChI is InChI=1S/C14H14N4S/c1-2-4-14(5-3-1)18-7-6-12(17-18)8-15-9-13-10-19-11-16-13/h1-7,10-11,15H,8-9H2. The number of hydrogen-bond donors (Lipinski definition) is 1. The normalized spacial score (nSPS) is 10.7. The second-order valence-corrected chi connectivity index (χ2v) is 4.89. The molecule has 1 aromatic carbocycles. The Morgan fingerprint density at radius 2 is 1.89 bits per heavy atom. The molecule has 1 N–H and O–H groups in total. The fraction of sp³-hybridized carbons (Fsp3) is 0.143. The molecule has 0 amide bonds. The van der Waals surface area contributed by atoms with Crippen molar-refractivity contribution in [3.05, 3.63) is 64.9 Å². The lowest BCUT2D eigenvalue weighted by Gasteiger charge is -2.01. The molecule has 0 aliphatic rings. The third kappa shape index (κ3) is 3.07. The maximum atomic E-state index is 4.54.